The molecule has 1 aromatic carbocycles. The second-order valence-corrected chi connectivity index (χ2v) is 3.90. The maximum absolute atomic E-state index is 10.9. The van der Waals surface area contributed by atoms with Crippen molar-refractivity contribution in [1.29, 1.82) is 5.26 Å². The Morgan fingerprint density at radius 1 is 1.60 bits per heavy atom. The van der Waals surface area contributed by atoms with Crippen LogP contribution in [0.2, 0.25) is 5.02 Å². The highest BCUT2D eigenvalue weighted by atomic mass is 35.5. The molecule has 0 aliphatic heterocycles. The molecule has 0 fully saturated rings. The lowest BCUT2D eigenvalue weighted by Crippen LogP contribution is -1.97. The quantitative estimate of drug-likeness (QED) is 0.497. The first-order valence-electron chi connectivity index (χ1n) is 5.16. The van der Waals surface area contributed by atoms with Crippen molar-refractivity contribution in [3.8, 4) is 6.07 Å². The molecule has 0 amide bonds. The number of anilines is 1. The third kappa shape index (κ3) is 2.88. The van der Waals surface area contributed by atoms with Gasteiger partial charge in [-0.1, -0.05) is 11.6 Å². The van der Waals surface area contributed by atoms with E-state index in [1.807, 2.05) is 6.07 Å². The summed E-state index contributed by atoms with van der Waals surface area (Å²) in [4.78, 5) is 10.3. The maximum Gasteiger partial charge on any atom is 0.294 e. The summed E-state index contributed by atoms with van der Waals surface area (Å²) >= 11 is 5.70. The van der Waals surface area contributed by atoms with Crippen LogP contribution >= 0.6 is 11.6 Å². The summed E-state index contributed by atoms with van der Waals surface area (Å²) in [6.07, 6.45) is 1.25. The number of hydrogen-bond acceptors (Lipinski definition) is 7. The van der Waals surface area contributed by atoms with Gasteiger partial charge < -0.3 is 5.32 Å². The Labute approximate surface area is 117 Å². The first kappa shape index (κ1) is 13.4. The number of allylic oxidation sites excluding steroid dienone is 1. The smallest absolute Gasteiger partial charge is 0.294 e. The van der Waals surface area contributed by atoms with E-state index in [0.717, 1.165) is 0 Å². The molecule has 2 N–H and O–H groups in total. The number of nitro benzene ring substituents is 1. The summed E-state index contributed by atoms with van der Waals surface area (Å²) in [5.74, 6) is 0.0802. The Hall–Kier alpha value is -2.99. The lowest BCUT2D eigenvalue weighted by atomic mass is 10.2. The standard InChI is InChI=1S/C10H6ClN7O2/c11-7-1-2-8(9(3-7)18(19)20)13-5-6(4-12)10-14-16-17-15-10/h1-3,5,13H,(H,14,15,16,17). The molecule has 1 heterocycles. The predicted octanol–water partition coefficient (Wildman–Crippen LogP) is 1.74. The zero-order valence-electron chi connectivity index (χ0n) is 9.74. The molecule has 2 aromatic rings. The van der Waals surface area contributed by atoms with E-state index in [9.17, 15) is 10.1 Å². The summed E-state index contributed by atoms with van der Waals surface area (Å²) in [7, 11) is 0. The van der Waals surface area contributed by atoms with Crippen molar-refractivity contribution in [3.63, 3.8) is 0 Å². The number of H-pyrrole nitrogens is 1. The molecule has 2 rings (SSSR count). The monoisotopic (exact) mass is 291 g/mol. The number of aromatic amines is 1. The van der Waals surface area contributed by atoms with Crippen molar-refractivity contribution in [2.75, 3.05) is 5.32 Å². The minimum Gasteiger partial charge on any atom is -0.355 e. The zero-order chi connectivity index (χ0) is 14.5. The number of tetrazole rings is 1. The van der Waals surface area contributed by atoms with Crippen molar-refractivity contribution in [3.05, 3.63) is 45.4 Å². The fourth-order valence-electron chi connectivity index (χ4n) is 1.35. The van der Waals surface area contributed by atoms with Gasteiger partial charge in [-0.25, -0.2) is 0 Å². The molecule has 100 valence electrons. The third-order valence-electron chi connectivity index (χ3n) is 2.24. The number of rotatable bonds is 4. The Morgan fingerprint density at radius 3 is 3.00 bits per heavy atom. The van der Waals surface area contributed by atoms with Gasteiger partial charge in [0, 0.05) is 17.3 Å². The normalized spacial score (nSPS) is 10.9. The van der Waals surface area contributed by atoms with Crippen LogP contribution in [-0.4, -0.2) is 25.5 Å². The molecular formula is C10H6ClN7O2. The van der Waals surface area contributed by atoms with Gasteiger partial charge in [-0.3, -0.25) is 10.1 Å². The van der Waals surface area contributed by atoms with Crippen molar-refractivity contribution in [1.82, 2.24) is 20.6 Å². The second-order valence-electron chi connectivity index (χ2n) is 3.47. The number of halogens is 1. The number of aromatic nitrogens is 4. The number of nitrogens with zero attached hydrogens (tertiary/aromatic N) is 5. The lowest BCUT2D eigenvalue weighted by molar-refractivity contribution is -0.383. The van der Waals surface area contributed by atoms with Gasteiger partial charge in [0.05, 0.1) is 4.92 Å². The zero-order valence-corrected chi connectivity index (χ0v) is 10.5. The van der Waals surface area contributed by atoms with Crippen molar-refractivity contribution < 1.29 is 4.92 Å². The molecule has 0 saturated carbocycles. The number of nitriles is 1. The van der Waals surface area contributed by atoms with E-state index in [-0.39, 0.29) is 27.8 Å². The average molecular weight is 292 g/mol. The molecule has 0 aliphatic carbocycles. The van der Waals surface area contributed by atoms with Crippen LogP contribution in [0.5, 0.6) is 0 Å². The molecule has 0 aliphatic rings. The largest absolute Gasteiger partial charge is 0.355 e. The fraction of sp³-hybridized carbons (Fsp3) is 0. The van der Waals surface area contributed by atoms with Crippen LogP contribution < -0.4 is 5.32 Å². The van der Waals surface area contributed by atoms with E-state index < -0.39 is 4.92 Å². The van der Waals surface area contributed by atoms with Gasteiger partial charge in [0.1, 0.15) is 17.3 Å². The molecule has 0 unspecified atom stereocenters. The number of benzene rings is 1. The Bertz CT molecular complexity index is 705. The first-order chi connectivity index (χ1) is 9.61. The van der Waals surface area contributed by atoms with E-state index in [1.54, 1.807) is 0 Å². The van der Waals surface area contributed by atoms with Crippen LogP contribution in [0.1, 0.15) is 5.82 Å². The van der Waals surface area contributed by atoms with Gasteiger partial charge >= 0.3 is 0 Å². The fourth-order valence-corrected chi connectivity index (χ4v) is 1.52. The molecule has 1 aromatic heterocycles. The predicted molar refractivity (Wildman–Crippen MR) is 69.5 cm³/mol. The highest BCUT2D eigenvalue weighted by Crippen LogP contribution is 2.28. The molecule has 0 bridgehead atoms. The number of nitro groups is 1. The second kappa shape index (κ2) is 5.77. The Kier molecular flexibility index (Phi) is 3.88. The van der Waals surface area contributed by atoms with Crippen LogP contribution in [0.4, 0.5) is 11.4 Å². The highest BCUT2D eigenvalue weighted by Gasteiger charge is 2.14. The van der Waals surface area contributed by atoms with Crippen LogP contribution in [-0.2, 0) is 0 Å². The summed E-state index contributed by atoms with van der Waals surface area (Å²) < 4.78 is 0. The van der Waals surface area contributed by atoms with Gasteiger partial charge in [0.2, 0.25) is 5.82 Å². The van der Waals surface area contributed by atoms with Crippen molar-refractivity contribution in [2.24, 2.45) is 0 Å². The summed E-state index contributed by atoms with van der Waals surface area (Å²) in [6, 6.07) is 5.98. The SMILES string of the molecule is N#CC(=CNc1ccc(Cl)cc1[N+](=O)[O-])c1nn[nH]n1. The van der Waals surface area contributed by atoms with Crippen molar-refractivity contribution >= 4 is 28.5 Å². The summed E-state index contributed by atoms with van der Waals surface area (Å²) in [5, 5.41) is 35.6. The van der Waals surface area contributed by atoms with Crippen molar-refractivity contribution in [2.45, 2.75) is 0 Å². The molecule has 10 heteroatoms. The van der Waals surface area contributed by atoms with E-state index >= 15 is 0 Å². The van der Waals surface area contributed by atoms with Gasteiger partial charge in [-0.15, -0.1) is 10.2 Å². The minimum atomic E-state index is -0.581. The van der Waals surface area contributed by atoms with E-state index in [1.165, 1.54) is 24.4 Å². The molecule has 20 heavy (non-hydrogen) atoms. The van der Waals surface area contributed by atoms with Crippen LogP contribution in [0.25, 0.3) is 5.57 Å². The topological polar surface area (TPSA) is 133 Å². The average Bonchev–Trinajstić information content (AvgIpc) is 2.94. The summed E-state index contributed by atoms with van der Waals surface area (Å²) in [5.41, 5.74) is 0.0535. The number of hydrogen-bond donors (Lipinski definition) is 2. The molecule has 0 spiro atoms. The van der Waals surface area contributed by atoms with Gasteiger partial charge in [-0.2, -0.15) is 10.5 Å². The molecule has 9 nitrogen and oxygen atoms in total. The van der Waals surface area contributed by atoms with Crippen LogP contribution in [0, 0.1) is 21.4 Å². The Morgan fingerprint density at radius 2 is 2.40 bits per heavy atom. The van der Waals surface area contributed by atoms with Gasteiger partial charge in [0.15, 0.2) is 0 Å². The lowest BCUT2D eigenvalue weighted by Gasteiger charge is -2.03. The molecule has 0 saturated heterocycles. The van der Waals surface area contributed by atoms with Crippen LogP contribution in [0.15, 0.2) is 24.4 Å². The molecular weight excluding hydrogens is 286 g/mol. The van der Waals surface area contributed by atoms with Crippen LogP contribution in [0.3, 0.4) is 0 Å². The number of nitrogens with one attached hydrogen (secondary N) is 2. The first-order valence-corrected chi connectivity index (χ1v) is 5.54. The highest BCUT2D eigenvalue weighted by molar-refractivity contribution is 6.30. The van der Waals surface area contributed by atoms with E-state index in [2.05, 4.69) is 25.9 Å². The van der Waals surface area contributed by atoms with E-state index in [0.29, 0.717) is 0 Å². The van der Waals surface area contributed by atoms with Gasteiger partial charge in [0.25, 0.3) is 5.69 Å². The summed E-state index contributed by atoms with van der Waals surface area (Å²) in [6.45, 7) is 0. The molecule has 0 atom stereocenters. The van der Waals surface area contributed by atoms with E-state index in [4.69, 9.17) is 16.9 Å². The Balaban J connectivity index is 2.31. The molecule has 0 radical (unpaired) electrons. The third-order valence-corrected chi connectivity index (χ3v) is 2.47. The maximum atomic E-state index is 10.9. The minimum absolute atomic E-state index is 0.0722. The van der Waals surface area contributed by atoms with Gasteiger partial charge in [-0.05, 0) is 17.3 Å².